The topological polar surface area (TPSA) is 38.9 Å². The fourth-order valence-corrected chi connectivity index (χ4v) is 1.05. The van der Waals surface area contributed by atoms with Crippen molar-refractivity contribution in [2.75, 3.05) is 0 Å². The molecule has 2 heterocycles. The molecule has 2 aromatic heterocycles. The van der Waals surface area contributed by atoms with Crippen LogP contribution in [0.2, 0.25) is 0 Å². The van der Waals surface area contributed by atoms with Crippen LogP contribution in [0, 0.1) is 13.8 Å². The highest BCUT2D eigenvalue weighted by atomic mass is 16.5. The summed E-state index contributed by atoms with van der Waals surface area (Å²) in [6, 6.07) is 3.93. The summed E-state index contributed by atoms with van der Waals surface area (Å²) >= 11 is 0. The molecule has 0 spiro atoms. The van der Waals surface area contributed by atoms with Crippen molar-refractivity contribution in [3.63, 3.8) is 0 Å². The molecule has 0 N–H and O–H groups in total. The zero-order valence-electron chi connectivity index (χ0n) is 6.46. The predicted octanol–water partition coefficient (Wildman–Crippen LogP) is 1.84. The number of hydrogen-bond acceptors (Lipinski definition) is 3. The van der Waals surface area contributed by atoms with Crippen molar-refractivity contribution in [2.45, 2.75) is 13.8 Å². The molecule has 2 rings (SSSR count). The third-order valence-corrected chi connectivity index (χ3v) is 1.66. The Balaban J connectivity index is 2.86. The van der Waals surface area contributed by atoms with Crippen LogP contribution in [0.3, 0.4) is 0 Å². The van der Waals surface area contributed by atoms with Gasteiger partial charge in [-0.1, -0.05) is 5.16 Å². The summed E-state index contributed by atoms with van der Waals surface area (Å²) in [5, 5.41) is 4.79. The van der Waals surface area contributed by atoms with Crippen LogP contribution in [0.5, 0.6) is 0 Å². The monoisotopic (exact) mass is 148 g/mol. The van der Waals surface area contributed by atoms with Gasteiger partial charge in [-0.15, -0.1) is 0 Å². The second-order valence-electron chi connectivity index (χ2n) is 2.56. The Bertz CT molecular complexity index is 392. The minimum absolute atomic E-state index is 0.697. The molecule has 56 valence electrons. The molecule has 0 saturated carbocycles. The zero-order valence-corrected chi connectivity index (χ0v) is 6.46. The average Bonchev–Trinajstić information content (AvgIpc) is 2.32. The summed E-state index contributed by atoms with van der Waals surface area (Å²) in [4.78, 5) is 4.19. The molecule has 0 bridgehead atoms. The first-order valence-corrected chi connectivity index (χ1v) is 3.47. The van der Waals surface area contributed by atoms with E-state index < -0.39 is 0 Å². The normalized spacial score (nSPS) is 10.7. The standard InChI is InChI=1S/C8H8N2O/c1-5-3-4-7-6(2)11-10-8(7)9-5/h3-4H,1-2H3. The maximum atomic E-state index is 4.96. The summed E-state index contributed by atoms with van der Waals surface area (Å²) in [6.07, 6.45) is 0. The largest absolute Gasteiger partial charge is 0.359 e. The summed E-state index contributed by atoms with van der Waals surface area (Å²) in [5.41, 5.74) is 1.66. The molecular formula is C8H8N2O. The van der Waals surface area contributed by atoms with Gasteiger partial charge in [0.2, 0.25) is 5.65 Å². The first-order valence-electron chi connectivity index (χ1n) is 3.47. The van der Waals surface area contributed by atoms with Gasteiger partial charge in [-0.3, -0.25) is 0 Å². The molecule has 0 aliphatic carbocycles. The molecule has 0 saturated heterocycles. The number of rotatable bonds is 0. The summed E-state index contributed by atoms with van der Waals surface area (Å²) in [6.45, 7) is 3.82. The minimum Gasteiger partial charge on any atom is -0.359 e. The highest BCUT2D eigenvalue weighted by Gasteiger charge is 2.03. The molecule has 0 fully saturated rings. The number of pyridine rings is 1. The Morgan fingerprint density at radius 2 is 2.09 bits per heavy atom. The van der Waals surface area contributed by atoms with Crippen LogP contribution in [0.4, 0.5) is 0 Å². The van der Waals surface area contributed by atoms with Gasteiger partial charge in [0.15, 0.2) is 0 Å². The fraction of sp³-hybridized carbons (Fsp3) is 0.250. The fourth-order valence-electron chi connectivity index (χ4n) is 1.05. The van der Waals surface area contributed by atoms with Crippen LogP contribution in [-0.4, -0.2) is 10.1 Å². The van der Waals surface area contributed by atoms with Gasteiger partial charge in [0.25, 0.3) is 0 Å². The van der Waals surface area contributed by atoms with E-state index in [9.17, 15) is 0 Å². The van der Waals surface area contributed by atoms with E-state index in [1.807, 2.05) is 26.0 Å². The lowest BCUT2D eigenvalue weighted by molar-refractivity contribution is 0.404. The number of aryl methyl sites for hydroxylation is 2. The number of nitrogens with zero attached hydrogens (tertiary/aromatic N) is 2. The quantitative estimate of drug-likeness (QED) is 0.572. The van der Waals surface area contributed by atoms with Gasteiger partial charge in [-0.2, -0.15) is 0 Å². The lowest BCUT2D eigenvalue weighted by atomic mass is 10.3. The van der Waals surface area contributed by atoms with E-state index >= 15 is 0 Å². The first-order chi connectivity index (χ1) is 5.27. The van der Waals surface area contributed by atoms with E-state index in [1.165, 1.54) is 0 Å². The Morgan fingerprint density at radius 3 is 2.91 bits per heavy atom. The Kier molecular flexibility index (Phi) is 1.18. The van der Waals surface area contributed by atoms with Gasteiger partial charge < -0.3 is 4.52 Å². The molecule has 0 amide bonds. The smallest absolute Gasteiger partial charge is 0.202 e. The molecular weight excluding hydrogens is 140 g/mol. The van der Waals surface area contributed by atoms with Crippen LogP contribution >= 0.6 is 0 Å². The van der Waals surface area contributed by atoms with E-state index in [0.717, 1.165) is 16.8 Å². The molecule has 0 radical (unpaired) electrons. The number of fused-ring (bicyclic) bond motifs is 1. The SMILES string of the molecule is Cc1ccc2c(C)onc2n1. The molecule has 2 aromatic rings. The van der Waals surface area contributed by atoms with Gasteiger partial charge >= 0.3 is 0 Å². The predicted molar refractivity (Wildman–Crippen MR) is 41.3 cm³/mol. The maximum Gasteiger partial charge on any atom is 0.202 e. The highest BCUT2D eigenvalue weighted by Crippen LogP contribution is 2.14. The van der Waals surface area contributed by atoms with E-state index in [0.29, 0.717) is 5.65 Å². The van der Waals surface area contributed by atoms with Gasteiger partial charge in [-0.25, -0.2) is 4.98 Å². The Labute approximate surface area is 64.0 Å². The Morgan fingerprint density at radius 1 is 1.27 bits per heavy atom. The third kappa shape index (κ3) is 0.888. The second kappa shape index (κ2) is 2.05. The van der Waals surface area contributed by atoms with E-state index in [1.54, 1.807) is 0 Å². The van der Waals surface area contributed by atoms with Gasteiger partial charge in [0, 0.05) is 5.69 Å². The van der Waals surface area contributed by atoms with Crippen molar-refractivity contribution in [2.24, 2.45) is 0 Å². The van der Waals surface area contributed by atoms with Crippen molar-refractivity contribution in [3.8, 4) is 0 Å². The Hall–Kier alpha value is -1.38. The summed E-state index contributed by atoms with van der Waals surface area (Å²) < 4.78 is 4.96. The summed E-state index contributed by atoms with van der Waals surface area (Å²) in [7, 11) is 0. The van der Waals surface area contributed by atoms with Crippen molar-refractivity contribution in [3.05, 3.63) is 23.6 Å². The van der Waals surface area contributed by atoms with Crippen LogP contribution < -0.4 is 0 Å². The molecule has 3 heteroatoms. The maximum absolute atomic E-state index is 4.96. The molecule has 0 aliphatic rings. The van der Waals surface area contributed by atoms with Crippen molar-refractivity contribution in [1.82, 2.24) is 10.1 Å². The molecule has 3 nitrogen and oxygen atoms in total. The number of hydrogen-bond donors (Lipinski definition) is 0. The molecule has 0 unspecified atom stereocenters. The van der Waals surface area contributed by atoms with Gasteiger partial charge in [-0.05, 0) is 26.0 Å². The van der Waals surface area contributed by atoms with Crippen LogP contribution in [0.25, 0.3) is 11.0 Å². The second-order valence-corrected chi connectivity index (χ2v) is 2.56. The van der Waals surface area contributed by atoms with Gasteiger partial charge in [0.1, 0.15) is 5.76 Å². The lowest BCUT2D eigenvalue weighted by Gasteiger charge is -1.88. The molecule has 0 aliphatic heterocycles. The van der Waals surface area contributed by atoms with Gasteiger partial charge in [0.05, 0.1) is 5.39 Å². The van der Waals surface area contributed by atoms with E-state index in [2.05, 4.69) is 10.1 Å². The van der Waals surface area contributed by atoms with E-state index in [-0.39, 0.29) is 0 Å². The van der Waals surface area contributed by atoms with Crippen molar-refractivity contribution >= 4 is 11.0 Å². The van der Waals surface area contributed by atoms with Crippen LogP contribution in [0.15, 0.2) is 16.7 Å². The van der Waals surface area contributed by atoms with Crippen LogP contribution in [-0.2, 0) is 0 Å². The lowest BCUT2D eigenvalue weighted by Crippen LogP contribution is -1.80. The molecule has 0 aromatic carbocycles. The van der Waals surface area contributed by atoms with Crippen LogP contribution in [0.1, 0.15) is 11.5 Å². The molecule has 11 heavy (non-hydrogen) atoms. The third-order valence-electron chi connectivity index (χ3n) is 1.66. The first kappa shape index (κ1) is 6.34. The van der Waals surface area contributed by atoms with E-state index in [4.69, 9.17) is 4.52 Å². The highest BCUT2D eigenvalue weighted by molar-refractivity contribution is 5.76. The minimum atomic E-state index is 0.697. The van der Waals surface area contributed by atoms with Crippen molar-refractivity contribution in [1.29, 1.82) is 0 Å². The van der Waals surface area contributed by atoms with Crippen molar-refractivity contribution < 1.29 is 4.52 Å². The summed E-state index contributed by atoms with van der Waals surface area (Å²) in [5.74, 6) is 0.826. The zero-order chi connectivity index (χ0) is 7.84. The number of aromatic nitrogens is 2. The molecule has 0 atom stereocenters. The average molecular weight is 148 g/mol.